The molecule has 1 aromatic carbocycles. The van der Waals surface area contributed by atoms with E-state index in [9.17, 15) is 23.9 Å². The highest BCUT2D eigenvalue weighted by molar-refractivity contribution is 6.08. The number of hydrogen-bond acceptors (Lipinski definition) is 5. The molecule has 116 valence electrons. The fourth-order valence-electron chi connectivity index (χ4n) is 2.40. The highest BCUT2D eigenvalue weighted by atomic mass is 19.1. The average molecular weight is 307 g/mol. The van der Waals surface area contributed by atoms with Gasteiger partial charge >= 0.3 is 5.97 Å². The van der Waals surface area contributed by atoms with Crippen LogP contribution in [-0.2, 0) is 19.1 Å². The normalized spacial score (nSPS) is 17.9. The first-order valence-electron chi connectivity index (χ1n) is 6.44. The molecule has 0 aromatic heterocycles. The first-order chi connectivity index (χ1) is 10.4. The van der Waals surface area contributed by atoms with Gasteiger partial charge in [0, 0.05) is 0 Å². The highest BCUT2D eigenvalue weighted by Crippen LogP contribution is 2.37. The molecule has 1 amide bonds. The zero-order valence-corrected chi connectivity index (χ0v) is 12.0. The van der Waals surface area contributed by atoms with Crippen LogP contribution in [0.25, 0.3) is 0 Å². The molecule has 0 unspecified atom stereocenters. The van der Waals surface area contributed by atoms with Crippen molar-refractivity contribution in [3.8, 4) is 0 Å². The van der Waals surface area contributed by atoms with E-state index in [1.165, 1.54) is 25.1 Å². The SMILES string of the molecule is COC(=O)CN1C(=O)C(O)=C(C(C)=O)[C@@H]1c1cccc(F)c1. The van der Waals surface area contributed by atoms with Gasteiger partial charge < -0.3 is 14.7 Å². The van der Waals surface area contributed by atoms with E-state index < -0.39 is 41.8 Å². The van der Waals surface area contributed by atoms with Crippen LogP contribution < -0.4 is 0 Å². The van der Waals surface area contributed by atoms with E-state index in [4.69, 9.17) is 0 Å². The third-order valence-corrected chi connectivity index (χ3v) is 3.37. The lowest BCUT2D eigenvalue weighted by Gasteiger charge is -2.25. The summed E-state index contributed by atoms with van der Waals surface area (Å²) in [6, 6.07) is 4.25. The van der Waals surface area contributed by atoms with Crippen molar-refractivity contribution >= 4 is 17.7 Å². The molecule has 6 nitrogen and oxygen atoms in total. The number of carbonyl (C=O) groups is 3. The predicted molar refractivity (Wildman–Crippen MR) is 73.2 cm³/mol. The van der Waals surface area contributed by atoms with Crippen molar-refractivity contribution < 1.29 is 28.6 Å². The Kier molecular flexibility index (Phi) is 4.25. The number of methoxy groups -OCH3 is 1. The number of aliphatic hydroxyl groups is 1. The summed E-state index contributed by atoms with van der Waals surface area (Å²) in [4.78, 5) is 36.3. The van der Waals surface area contributed by atoms with Gasteiger partial charge in [0.05, 0.1) is 18.7 Å². The molecular weight excluding hydrogens is 293 g/mol. The summed E-state index contributed by atoms with van der Waals surface area (Å²) in [6.07, 6.45) is 0. The van der Waals surface area contributed by atoms with E-state index in [0.29, 0.717) is 0 Å². The molecule has 0 aliphatic carbocycles. The maximum absolute atomic E-state index is 13.4. The molecule has 1 atom stereocenters. The number of rotatable bonds is 4. The van der Waals surface area contributed by atoms with Crippen LogP contribution in [0.15, 0.2) is 35.6 Å². The van der Waals surface area contributed by atoms with Crippen LogP contribution in [0.4, 0.5) is 4.39 Å². The van der Waals surface area contributed by atoms with Crippen molar-refractivity contribution in [1.29, 1.82) is 0 Å². The van der Waals surface area contributed by atoms with Crippen LogP contribution >= 0.6 is 0 Å². The lowest BCUT2D eigenvalue weighted by atomic mass is 9.97. The van der Waals surface area contributed by atoms with Gasteiger partial charge in [-0.2, -0.15) is 0 Å². The molecular formula is C15H14FNO5. The summed E-state index contributed by atoms with van der Waals surface area (Å²) in [5, 5.41) is 9.91. The summed E-state index contributed by atoms with van der Waals surface area (Å²) >= 11 is 0. The quantitative estimate of drug-likeness (QED) is 0.847. The second kappa shape index (κ2) is 5.97. The third-order valence-electron chi connectivity index (χ3n) is 3.37. The number of carbonyl (C=O) groups excluding carboxylic acids is 3. The number of ether oxygens (including phenoxy) is 1. The van der Waals surface area contributed by atoms with Crippen LogP contribution in [-0.4, -0.2) is 41.3 Å². The Hall–Kier alpha value is -2.70. The molecule has 0 saturated carbocycles. The fourth-order valence-corrected chi connectivity index (χ4v) is 2.40. The lowest BCUT2D eigenvalue weighted by Crippen LogP contribution is -2.36. The molecule has 1 aliphatic rings. The van der Waals surface area contributed by atoms with Gasteiger partial charge in [-0.1, -0.05) is 12.1 Å². The standard InChI is InChI=1S/C15H14FNO5/c1-8(18)12-13(9-4-3-5-10(16)6-9)17(7-11(19)22-2)15(21)14(12)20/h3-6,13,20H,7H2,1-2H3/t13-/m0/s1. The Bertz CT molecular complexity index is 682. The Morgan fingerprint density at radius 1 is 1.41 bits per heavy atom. The average Bonchev–Trinajstić information content (AvgIpc) is 2.72. The van der Waals surface area contributed by atoms with Crippen LogP contribution in [0.3, 0.4) is 0 Å². The summed E-state index contributed by atoms with van der Waals surface area (Å²) in [5.74, 6) is -3.41. The Morgan fingerprint density at radius 3 is 2.64 bits per heavy atom. The maximum atomic E-state index is 13.4. The molecule has 0 saturated heterocycles. The topological polar surface area (TPSA) is 83.9 Å². The predicted octanol–water partition coefficient (Wildman–Crippen LogP) is 1.28. The monoisotopic (exact) mass is 307 g/mol. The second-order valence-corrected chi connectivity index (χ2v) is 4.79. The van der Waals surface area contributed by atoms with Gasteiger partial charge in [0.15, 0.2) is 11.5 Å². The van der Waals surface area contributed by atoms with E-state index >= 15 is 0 Å². The molecule has 0 spiro atoms. The zero-order chi connectivity index (χ0) is 16.4. The van der Waals surface area contributed by atoms with Gasteiger partial charge in [0.1, 0.15) is 12.4 Å². The van der Waals surface area contributed by atoms with Crippen LogP contribution in [0, 0.1) is 5.82 Å². The number of nitrogens with zero attached hydrogens (tertiary/aromatic N) is 1. The van der Waals surface area contributed by atoms with E-state index in [2.05, 4.69) is 4.74 Å². The maximum Gasteiger partial charge on any atom is 0.325 e. The number of esters is 1. The van der Waals surface area contributed by atoms with Crippen molar-refractivity contribution in [3.05, 3.63) is 47.0 Å². The van der Waals surface area contributed by atoms with Gasteiger partial charge in [0.2, 0.25) is 0 Å². The number of benzene rings is 1. The molecule has 1 aromatic rings. The molecule has 7 heteroatoms. The minimum Gasteiger partial charge on any atom is -0.503 e. The minimum atomic E-state index is -1.03. The largest absolute Gasteiger partial charge is 0.503 e. The van der Waals surface area contributed by atoms with Crippen LogP contribution in [0.1, 0.15) is 18.5 Å². The van der Waals surface area contributed by atoms with E-state index in [1.807, 2.05) is 0 Å². The smallest absolute Gasteiger partial charge is 0.325 e. The van der Waals surface area contributed by atoms with Gasteiger partial charge in [-0.15, -0.1) is 0 Å². The molecule has 1 aliphatic heterocycles. The minimum absolute atomic E-state index is 0.167. The van der Waals surface area contributed by atoms with Crippen molar-refractivity contribution in [2.45, 2.75) is 13.0 Å². The summed E-state index contributed by atoms with van der Waals surface area (Å²) in [6.45, 7) is 0.726. The van der Waals surface area contributed by atoms with Crippen molar-refractivity contribution in [2.24, 2.45) is 0 Å². The molecule has 0 fully saturated rings. The van der Waals surface area contributed by atoms with Crippen LogP contribution in [0.2, 0.25) is 0 Å². The summed E-state index contributed by atoms with van der Waals surface area (Å²) in [7, 11) is 1.15. The first-order valence-corrected chi connectivity index (χ1v) is 6.44. The van der Waals surface area contributed by atoms with Crippen molar-refractivity contribution in [1.82, 2.24) is 4.90 Å². The van der Waals surface area contributed by atoms with Crippen molar-refractivity contribution in [3.63, 3.8) is 0 Å². The number of hydrogen-bond donors (Lipinski definition) is 1. The van der Waals surface area contributed by atoms with E-state index in [1.54, 1.807) is 0 Å². The molecule has 2 rings (SSSR count). The van der Waals surface area contributed by atoms with Gasteiger partial charge in [-0.3, -0.25) is 14.4 Å². The number of aliphatic hydroxyl groups excluding tert-OH is 1. The number of Topliss-reactive ketones (excluding diaryl/α,β-unsaturated/α-hetero) is 1. The lowest BCUT2D eigenvalue weighted by molar-refractivity contribution is -0.146. The number of amides is 1. The number of halogens is 1. The fraction of sp³-hybridized carbons (Fsp3) is 0.267. The van der Waals surface area contributed by atoms with Gasteiger partial charge in [-0.25, -0.2) is 4.39 Å². The molecule has 0 radical (unpaired) electrons. The van der Waals surface area contributed by atoms with Gasteiger partial charge in [-0.05, 0) is 24.6 Å². The zero-order valence-electron chi connectivity index (χ0n) is 12.0. The number of ketones is 1. The summed E-state index contributed by atoms with van der Waals surface area (Å²) < 4.78 is 17.9. The van der Waals surface area contributed by atoms with E-state index in [0.717, 1.165) is 18.1 Å². The molecule has 1 N–H and O–H groups in total. The highest BCUT2D eigenvalue weighted by Gasteiger charge is 2.43. The Morgan fingerprint density at radius 2 is 2.09 bits per heavy atom. The Balaban J connectivity index is 2.52. The molecule has 1 heterocycles. The van der Waals surface area contributed by atoms with Crippen LogP contribution in [0.5, 0.6) is 0 Å². The van der Waals surface area contributed by atoms with Crippen molar-refractivity contribution in [2.75, 3.05) is 13.7 Å². The second-order valence-electron chi connectivity index (χ2n) is 4.79. The summed E-state index contributed by atoms with van der Waals surface area (Å²) in [5.41, 5.74) is 0.117. The molecule has 0 bridgehead atoms. The first kappa shape index (κ1) is 15.7. The third kappa shape index (κ3) is 2.69. The van der Waals surface area contributed by atoms with Gasteiger partial charge in [0.25, 0.3) is 5.91 Å². The van der Waals surface area contributed by atoms with E-state index in [-0.39, 0.29) is 11.1 Å². The molecule has 22 heavy (non-hydrogen) atoms. The Labute approximate surface area is 125 Å².